The Bertz CT molecular complexity index is 543. The fraction of sp³-hybridized carbons (Fsp3) is 0.333. The van der Waals surface area contributed by atoms with Gasteiger partial charge in [0.2, 0.25) is 0 Å². The van der Waals surface area contributed by atoms with E-state index >= 15 is 0 Å². The van der Waals surface area contributed by atoms with Crippen LogP contribution in [0.3, 0.4) is 0 Å². The molecule has 0 radical (unpaired) electrons. The average molecular weight is 267 g/mol. The second kappa shape index (κ2) is 5.78. The van der Waals surface area contributed by atoms with Gasteiger partial charge in [0.25, 0.3) is 0 Å². The molecule has 0 spiro atoms. The van der Waals surface area contributed by atoms with Crippen LogP contribution in [0.25, 0.3) is 11.1 Å². The number of hydrogen-bond acceptors (Lipinski definition) is 2. The van der Waals surface area contributed by atoms with Gasteiger partial charge in [0.05, 0.1) is 5.60 Å². The van der Waals surface area contributed by atoms with E-state index < -0.39 is 5.60 Å². The minimum Gasteiger partial charge on any atom is -0.389 e. The summed E-state index contributed by atoms with van der Waals surface area (Å²) in [6, 6.07) is 19.0. The molecule has 2 N–H and O–H groups in total. The Morgan fingerprint density at radius 1 is 0.900 bits per heavy atom. The van der Waals surface area contributed by atoms with Crippen molar-refractivity contribution >= 4 is 0 Å². The smallest absolute Gasteiger partial charge is 0.0771 e. The Morgan fingerprint density at radius 3 is 2.15 bits per heavy atom. The summed E-state index contributed by atoms with van der Waals surface area (Å²) >= 11 is 0. The Balaban J connectivity index is 1.56. The van der Waals surface area contributed by atoms with Gasteiger partial charge in [-0.2, -0.15) is 0 Å². The van der Waals surface area contributed by atoms with Crippen LogP contribution in [0.4, 0.5) is 0 Å². The summed E-state index contributed by atoms with van der Waals surface area (Å²) in [6.45, 7) is 1.52. The maximum absolute atomic E-state index is 10.0. The molecule has 3 rings (SSSR count). The first kappa shape index (κ1) is 13.3. The Morgan fingerprint density at radius 2 is 1.55 bits per heavy atom. The molecule has 2 aromatic carbocycles. The molecule has 20 heavy (non-hydrogen) atoms. The molecular weight excluding hydrogens is 246 g/mol. The van der Waals surface area contributed by atoms with E-state index in [9.17, 15) is 5.11 Å². The molecule has 104 valence electrons. The van der Waals surface area contributed by atoms with Gasteiger partial charge in [-0.3, -0.25) is 0 Å². The lowest BCUT2D eigenvalue weighted by molar-refractivity contribution is -0.0314. The predicted molar refractivity (Wildman–Crippen MR) is 82.4 cm³/mol. The second-order valence-corrected chi connectivity index (χ2v) is 5.74. The third-order valence-corrected chi connectivity index (χ3v) is 4.13. The third kappa shape index (κ3) is 3.09. The predicted octanol–water partition coefficient (Wildman–Crippen LogP) is 3.36. The molecule has 2 nitrogen and oxygen atoms in total. The molecule has 0 aliphatic heterocycles. The molecule has 1 aliphatic rings. The van der Waals surface area contributed by atoms with E-state index in [2.05, 4.69) is 53.8 Å². The van der Waals surface area contributed by atoms with Crippen molar-refractivity contribution in [2.45, 2.75) is 31.4 Å². The van der Waals surface area contributed by atoms with Crippen molar-refractivity contribution in [2.75, 3.05) is 6.54 Å². The van der Waals surface area contributed by atoms with Gasteiger partial charge in [0.1, 0.15) is 0 Å². The second-order valence-electron chi connectivity index (χ2n) is 5.74. The number of rotatable bonds is 5. The van der Waals surface area contributed by atoms with E-state index in [1.54, 1.807) is 0 Å². The van der Waals surface area contributed by atoms with Crippen LogP contribution in [-0.2, 0) is 6.54 Å². The summed E-state index contributed by atoms with van der Waals surface area (Å²) in [5, 5.41) is 13.4. The van der Waals surface area contributed by atoms with Crippen molar-refractivity contribution in [3.63, 3.8) is 0 Å². The number of aliphatic hydroxyl groups is 1. The summed E-state index contributed by atoms with van der Waals surface area (Å²) in [5.41, 5.74) is 3.31. The van der Waals surface area contributed by atoms with E-state index in [0.29, 0.717) is 6.54 Å². The largest absolute Gasteiger partial charge is 0.389 e. The van der Waals surface area contributed by atoms with Crippen LogP contribution < -0.4 is 5.32 Å². The maximum atomic E-state index is 10.0. The van der Waals surface area contributed by atoms with E-state index in [-0.39, 0.29) is 0 Å². The van der Waals surface area contributed by atoms with Crippen molar-refractivity contribution in [1.29, 1.82) is 0 Å². The van der Waals surface area contributed by atoms with E-state index in [1.165, 1.54) is 16.7 Å². The van der Waals surface area contributed by atoms with Crippen molar-refractivity contribution < 1.29 is 5.11 Å². The Hall–Kier alpha value is -1.64. The molecule has 0 atom stereocenters. The topological polar surface area (TPSA) is 32.3 Å². The van der Waals surface area contributed by atoms with Crippen LogP contribution in [-0.4, -0.2) is 17.3 Å². The van der Waals surface area contributed by atoms with Gasteiger partial charge in [0.15, 0.2) is 0 Å². The molecule has 0 unspecified atom stereocenters. The summed E-state index contributed by atoms with van der Waals surface area (Å²) in [4.78, 5) is 0. The van der Waals surface area contributed by atoms with Crippen molar-refractivity contribution in [2.24, 2.45) is 0 Å². The van der Waals surface area contributed by atoms with Crippen LogP contribution in [0.15, 0.2) is 54.6 Å². The standard InChI is InChI=1S/C18H21NO/c20-18(11-4-12-18)14-19-13-15-7-9-17(10-8-15)16-5-2-1-3-6-16/h1-3,5-10,19-20H,4,11-14H2. The van der Waals surface area contributed by atoms with Gasteiger partial charge in [0, 0.05) is 13.1 Å². The zero-order valence-corrected chi connectivity index (χ0v) is 11.7. The van der Waals surface area contributed by atoms with Gasteiger partial charge in [-0.25, -0.2) is 0 Å². The Labute approximate surface area is 120 Å². The lowest BCUT2D eigenvalue weighted by Gasteiger charge is -2.36. The molecule has 2 heteroatoms. The van der Waals surface area contributed by atoms with Crippen molar-refractivity contribution in [1.82, 2.24) is 5.32 Å². The molecule has 0 amide bonds. The molecule has 0 heterocycles. The highest BCUT2D eigenvalue weighted by Crippen LogP contribution is 2.30. The number of hydrogen-bond donors (Lipinski definition) is 2. The first-order valence-electron chi connectivity index (χ1n) is 7.33. The quantitative estimate of drug-likeness (QED) is 0.870. The summed E-state index contributed by atoms with van der Waals surface area (Å²) < 4.78 is 0. The molecular formula is C18H21NO. The third-order valence-electron chi connectivity index (χ3n) is 4.13. The SMILES string of the molecule is OC1(CNCc2ccc(-c3ccccc3)cc2)CCC1. The van der Waals surface area contributed by atoms with Crippen molar-refractivity contribution in [3.05, 3.63) is 60.2 Å². The average Bonchev–Trinajstić information content (AvgIpc) is 2.47. The lowest BCUT2D eigenvalue weighted by atomic mass is 9.80. The summed E-state index contributed by atoms with van der Waals surface area (Å²) in [6.07, 6.45) is 3.03. The highest BCUT2D eigenvalue weighted by Gasteiger charge is 2.33. The first-order valence-corrected chi connectivity index (χ1v) is 7.33. The molecule has 1 fully saturated rings. The normalized spacial score (nSPS) is 16.6. The molecule has 0 saturated heterocycles. The maximum Gasteiger partial charge on any atom is 0.0771 e. The van der Waals surface area contributed by atoms with Crippen LogP contribution in [0.2, 0.25) is 0 Å². The van der Waals surface area contributed by atoms with Gasteiger partial charge in [-0.1, -0.05) is 54.6 Å². The van der Waals surface area contributed by atoms with E-state index in [0.717, 1.165) is 25.8 Å². The number of benzene rings is 2. The van der Waals surface area contributed by atoms with Gasteiger partial charge in [-0.15, -0.1) is 0 Å². The van der Waals surface area contributed by atoms with Gasteiger partial charge < -0.3 is 10.4 Å². The van der Waals surface area contributed by atoms with E-state index in [4.69, 9.17) is 0 Å². The molecule has 1 aliphatic carbocycles. The van der Waals surface area contributed by atoms with Crippen molar-refractivity contribution in [3.8, 4) is 11.1 Å². The summed E-state index contributed by atoms with van der Waals surface area (Å²) in [5.74, 6) is 0. The molecule has 0 bridgehead atoms. The highest BCUT2D eigenvalue weighted by atomic mass is 16.3. The monoisotopic (exact) mass is 267 g/mol. The fourth-order valence-corrected chi connectivity index (χ4v) is 2.65. The fourth-order valence-electron chi connectivity index (χ4n) is 2.65. The zero-order chi connectivity index (χ0) is 13.8. The minimum atomic E-state index is -0.440. The van der Waals surface area contributed by atoms with Gasteiger partial charge in [-0.05, 0) is 36.0 Å². The highest BCUT2D eigenvalue weighted by molar-refractivity contribution is 5.63. The molecule has 0 aromatic heterocycles. The van der Waals surface area contributed by atoms with Gasteiger partial charge >= 0.3 is 0 Å². The van der Waals surface area contributed by atoms with Crippen LogP contribution in [0.1, 0.15) is 24.8 Å². The number of nitrogens with one attached hydrogen (secondary N) is 1. The van der Waals surface area contributed by atoms with Crippen LogP contribution >= 0.6 is 0 Å². The Kier molecular flexibility index (Phi) is 3.86. The van der Waals surface area contributed by atoms with E-state index in [1.807, 2.05) is 6.07 Å². The minimum absolute atomic E-state index is 0.440. The summed E-state index contributed by atoms with van der Waals surface area (Å²) in [7, 11) is 0. The van der Waals surface area contributed by atoms with Crippen LogP contribution in [0.5, 0.6) is 0 Å². The molecule has 1 saturated carbocycles. The first-order chi connectivity index (χ1) is 9.75. The van der Waals surface area contributed by atoms with Crippen LogP contribution in [0, 0.1) is 0 Å². The molecule has 2 aromatic rings. The lowest BCUT2D eigenvalue weighted by Crippen LogP contribution is -2.45. The zero-order valence-electron chi connectivity index (χ0n) is 11.7.